The normalized spacial score (nSPS) is 10.5. The summed E-state index contributed by atoms with van der Waals surface area (Å²) in [6.45, 7) is 0. The molecule has 1 aromatic carbocycles. The second kappa shape index (κ2) is 3.01. The van der Waals surface area contributed by atoms with E-state index < -0.39 is 0 Å². The smallest absolute Gasteiger partial charge is 0.160 e. The molecule has 0 aliphatic heterocycles. The topological polar surface area (TPSA) is 43.1 Å². The van der Waals surface area contributed by atoms with Crippen LogP contribution in [-0.4, -0.2) is 6.29 Å². The second-order valence-electron chi connectivity index (χ2n) is 2.65. The van der Waals surface area contributed by atoms with Gasteiger partial charge in [-0.2, -0.15) is 0 Å². The Bertz CT molecular complexity index is 478. The Morgan fingerprint density at radius 3 is 2.92 bits per heavy atom. The highest BCUT2D eigenvalue weighted by molar-refractivity contribution is 7.20. The van der Waals surface area contributed by atoms with Crippen LogP contribution in [0.15, 0.2) is 18.2 Å². The Hall–Kier alpha value is -1.06. The Kier molecular flexibility index (Phi) is 1.98. The van der Waals surface area contributed by atoms with Gasteiger partial charge in [-0.25, -0.2) is 0 Å². The first-order chi connectivity index (χ1) is 6.22. The zero-order chi connectivity index (χ0) is 9.42. The van der Waals surface area contributed by atoms with E-state index in [-0.39, 0.29) is 0 Å². The summed E-state index contributed by atoms with van der Waals surface area (Å²) < 4.78 is 0.987. The van der Waals surface area contributed by atoms with Crippen molar-refractivity contribution in [2.75, 3.05) is 5.73 Å². The predicted octanol–water partition coefficient (Wildman–Crippen LogP) is 2.95. The molecule has 0 spiro atoms. The molecule has 4 heteroatoms. The molecule has 66 valence electrons. The summed E-state index contributed by atoms with van der Waals surface area (Å²) in [7, 11) is 0. The number of carbonyl (C=O) groups excluding carboxylic acids is 1. The number of thiophene rings is 1. The predicted molar refractivity (Wildman–Crippen MR) is 56.6 cm³/mol. The zero-order valence-electron chi connectivity index (χ0n) is 6.58. The Labute approximate surface area is 83.9 Å². The maximum Gasteiger partial charge on any atom is 0.160 e. The van der Waals surface area contributed by atoms with Crippen LogP contribution in [0.5, 0.6) is 0 Å². The minimum absolute atomic E-state index is 0.529. The molecule has 13 heavy (non-hydrogen) atoms. The van der Waals surface area contributed by atoms with E-state index in [9.17, 15) is 4.79 Å². The lowest BCUT2D eigenvalue weighted by molar-refractivity contribution is 0.112. The van der Waals surface area contributed by atoms with E-state index >= 15 is 0 Å². The summed E-state index contributed by atoms with van der Waals surface area (Å²) in [4.78, 5) is 11.2. The van der Waals surface area contributed by atoms with Crippen LogP contribution in [0.3, 0.4) is 0 Å². The van der Waals surface area contributed by atoms with Gasteiger partial charge >= 0.3 is 0 Å². The minimum Gasteiger partial charge on any atom is -0.398 e. The number of aldehydes is 1. The minimum atomic E-state index is 0.529. The van der Waals surface area contributed by atoms with Crippen LogP contribution in [0.4, 0.5) is 5.69 Å². The van der Waals surface area contributed by atoms with Gasteiger partial charge in [0.1, 0.15) is 0 Å². The molecular formula is C9H6ClNOS. The molecule has 0 aliphatic rings. The first kappa shape index (κ1) is 8.53. The molecule has 0 amide bonds. The number of benzene rings is 1. The number of rotatable bonds is 1. The van der Waals surface area contributed by atoms with Gasteiger partial charge in [-0.05, 0) is 18.2 Å². The van der Waals surface area contributed by atoms with Crippen molar-refractivity contribution in [1.82, 2.24) is 0 Å². The number of nitrogen functional groups attached to an aromatic ring is 1. The van der Waals surface area contributed by atoms with E-state index in [1.165, 1.54) is 11.3 Å². The van der Waals surface area contributed by atoms with Crippen molar-refractivity contribution in [2.45, 2.75) is 0 Å². The van der Waals surface area contributed by atoms with Gasteiger partial charge in [0.15, 0.2) is 6.29 Å². The summed E-state index contributed by atoms with van der Waals surface area (Å²) in [5.74, 6) is 0. The third kappa shape index (κ3) is 1.30. The van der Waals surface area contributed by atoms with Gasteiger partial charge in [-0.1, -0.05) is 11.6 Å². The van der Waals surface area contributed by atoms with Gasteiger partial charge < -0.3 is 5.73 Å². The van der Waals surface area contributed by atoms with Crippen molar-refractivity contribution >= 4 is 45.0 Å². The molecule has 0 atom stereocenters. The number of halogens is 1. The molecule has 0 fully saturated rings. The van der Waals surface area contributed by atoms with E-state index in [2.05, 4.69) is 0 Å². The standard InChI is InChI=1S/C9H6ClNOS/c10-9-6-3-5(4-12)13-8(6)2-1-7(9)11/h1-4H,11H2. The summed E-state index contributed by atoms with van der Waals surface area (Å²) in [6.07, 6.45) is 0.817. The number of carbonyl (C=O) groups is 1. The fourth-order valence-electron chi connectivity index (χ4n) is 1.17. The maximum absolute atomic E-state index is 10.5. The molecule has 0 aliphatic carbocycles. The van der Waals surface area contributed by atoms with Gasteiger partial charge in [0.05, 0.1) is 15.6 Å². The van der Waals surface area contributed by atoms with Crippen LogP contribution in [-0.2, 0) is 0 Å². The number of anilines is 1. The molecule has 2 N–H and O–H groups in total. The molecule has 0 unspecified atom stereocenters. The molecule has 0 saturated heterocycles. The number of hydrogen-bond donors (Lipinski definition) is 1. The van der Waals surface area contributed by atoms with Gasteiger partial charge in [-0.3, -0.25) is 4.79 Å². The number of nitrogens with two attached hydrogens (primary N) is 1. The van der Waals surface area contributed by atoms with Crippen molar-refractivity contribution in [1.29, 1.82) is 0 Å². The largest absolute Gasteiger partial charge is 0.398 e. The van der Waals surface area contributed by atoms with Crippen LogP contribution in [0.25, 0.3) is 10.1 Å². The highest BCUT2D eigenvalue weighted by atomic mass is 35.5. The van der Waals surface area contributed by atoms with Gasteiger partial charge in [0, 0.05) is 10.1 Å². The highest BCUT2D eigenvalue weighted by Crippen LogP contribution is 2.33. The van der Waals surface area contributed by atoms with Crippen molar-refractivity contribution < 1.29 is 4.79 Å². The van der Waals surface area contributed by atoms with Gasteiger partial charge in [0.2, 0.25) is 0 Å². The van der Waals surface area contributed by atoms with E-state index in [0.717, 1.165) is 16.4 Å². The average Bonchev–Trinajstić information content (AvgIpc) is 2.55. The first-order valence-corrected chi connectivity index (χ1v) is 4.84. The molecule has 1 aromatic heterocycles. The van der Waals surface area contributed by atoms with Crippen LogP contribution >= 0.6 is 22.9 Å². The number of fused-ring (bicyclic) bond motifs is 1. The first-order valence-electron chi connectivity index (χ1n) is 3.65. The van der Waals surface area contributed by atoms with Crippen molar-refractivity contribution in [3.63, 3.8) is 0 Å². The fourth-order valence-corrected chi connectivity index (χ4v) is 2.33. The quantitative estimate of drug-likeness (QED) is 0.582. The van der Waals surface area contributed by atoms with Crippen LogP contribution in [0.1, 0.15) is 9.67 Å². The van der Waals surface area contributed by atoms with E-state index in [1.807, 2.05) is 6.07 Å². The van der Waals surface area contributed by atoms with Crippen LogP contribution in [0.2, 0.25) is 5.02 Å². The molecule has 2 rings (SSSR count). The lowest BCUT2D eigenvalue weighted by Crippen LogP contribution is -1.84. The lowest BCUT2D eigenvalue weighted by atomic mass is 10.2. The molecule has 1 heterocycles. The molecule has 2 aromatic rings. The van der Waals surface area contributed by atoms with Crippen molar-refractivity contribution in [3.05, 3.63) is 28.1 Å². The summed E-state index contributed by atoms with van der Waals surface area (Å²) >= 11 is 7.37. The molecule has 0 saturated carbocycles. The highest BCUT2D eigenvalue weighted by Gasteiger charge is 2.06. The third-order valence-electron chi connectivity index (χ3n) is 1.80. The Morgan fingerprint density at radius 2 is 2.23 bits per heavy atom. The molecule has 0 radical (unpaired) electrons. The summed E-state index contributed by atoms with van der Waals surface area (Å²) in [6, 6.07) is 5.37. The molecule has 0 bridgehead atoms. The lowest BCUT2D eigenvalue weighted by Gasteiger charge is -1.97. The SMILES string of the molecule is Nc1ccc2sc(C=O)cc2c1Cl. The van der Waals surface area contributed by atoms with Crippen LogP contribution < -0.4 is 5.73 Å². The van der Waals surface area contributed by atoms with E-state index in [0.29, 0.717) is 15.6 Å². The maximum atomic E-state index is 10.5. The number of hydrogen-bond acceptors (Lipinski definition) is 3. The van der Waals surface area contributed by atoms with Crippen LogP contribution in [0, 0.1) is 0 Å². The monoisotopic (exact) mass is 211 g/mol. The van der Waals surface area contributed by atoms with E-state index in [4.69, 9.17) is 17.3 Å². The van der Waals surface area contributed by atoms with E-state index in [1.54, 1.807) is 12.1 Å². The van der Waals surface area contributed by atoms with Crippen molar-refractivity contribution in [2.24, 2.45) is 0 Å². The Balaban J connectivity index is 2.83. The Morgan fingerprint density at radius 1 is 1.46 bits per heavy atom. The van der Waals surface area contributed by atoms with Gasteiger partial charge in [-0.15, -0.1) is 11.3 Å². The average molecular weight is 212 g/mol. The molecule has 2 nitrogen and oxygen atoms in total. The summed E-state index contributed by atoms with van der Waals surface area (Å²) in [5.41, 5.74) is 6.17. The second-order valence-corrected chi connectivity index (χ2v) is 4.14. The third-order valence-corrected chi connectivity index (χ3v) is 3.25. The fraction of sp³-hybridized carbons (Fsp3) is 0. The van der Waals surface area contributed by atoms with Crippen molar-refractivity contribution in [3.8, 4) is 0 Å². The summed E-state index contributed by atoms with van der Waals surface area (Å²) in [5, 5.41) is 1.38. The zero-order valence-corrected chi connectivity index (χ0v) is 8.15. The van der Waals surface area contributed by atoms with Gasteiger partial charge in [0.25, 0.3) is 0 Å². The molecular weight excluding hydrogens is 206 g/mol.